The van der Waals surface area contributed by atoms with Crippen LogP contribution >= 0.6 is 15.9 Å². The van der Waals surface area contributed by atoms with Crippen molar-refractivity contribution in [3.8, 4) is 0 Å². The third-order valence-corrected chi connectivity index (χ3v) is 4.48. The van der Waals surface area contributed by atoms with Crippen molar-refractivity contribution in [3.05, 3.63) is 33.9 Å². The number of likely N-dealkylation sites (N-methyl/N-ethyl adjacent to an activating group) is 1. The Morgan fingerprint density at radius 1 is 1.41 bits per heavy atom. The van der Waals surface area contributed by atoms with Gasteiger partial charge in [0.15, 0.2) is 0 Å². The van der Waals surface area contributed by atoms with Crippen molar-refractivity contribution in [2.24, 2.45) is 7.05 Å². The summed E-state index contributed by atoms with van der Waals surface area (Å²) in [7, 11) is 4.25. The molecule has 1 atom stereocenters. The van der Waals surface area contributed by atoms with Gasteiger partial charge >= 0.3 is 0 Å². The van der Waals surface area contributed by atoms with Crippen molar-refractivity contribution in [2.45, 2.75) is 25.3 Å². The number of nitrogens with one attached hydrogen (secondary N) is 1. The molecule has 2 nitrogen and oxygen atoms in total. The first-order valence-corrected chi connectivity index (χ1v) is 6.93. The molecule has 17 heavy (non-hydrogen) atoms. The standard InChI is InChI=1S/C14H17BrN2/c1-16-10-4-6-12-11-5-3-9(15)7-13(11)17(2)14(12)8-10/h3,5,7,10,16H,4,6,8H2,1-2H3. The highest BCUT2D eigenvalue weighted by Crippen LogP contribution is 2.32. The lowest BCUT2D eigenvalue weighted by atomic mass is 9.92. The number of nitrogens with zero attached hydrogens (tertiary/aromatic N) is 1. The maximum atomic E-state index is 3.56. The molecule has 0 fully saturated rings. The van der Waals surface area contributed by atoms with Crippen LogP contribution in [0.2, 0.25) is 0 Å². The first kappa shape index (κ1) is 11.3. The number of aromatic nitrogens is 1. The quantitative estimate of drug-likeness (QED) is 0.855. The molecule has 1 N–H and O–H groups in total. The van der Waals surface area contributed by atoms with E-state index in [1.54, 1.807) is 5.56 Å². The van der Waals surface area contributed by atoms with E-state index < -0.39 is 0 Å². The summed E-state index contributed by atoms with van der Waals surface area (Å²) in [4.78, 5) is 0. The van der Waals surface area contributed by atoms with Gasteiger partial charge in [-0.3, -0.25) is 0 Å². The van der Waals surface area contributed by atoms with Crippen LogP contribution in [-0.2, 0) is 19.9 Å². The van der Waals surface area contributed by atoms with Crippen LogP contribution in [0.15, 0.2) is 22.7 Å². The number of fused-ring (bicyclic) bond motifs is 3. The van der Waals surface area contributed by atoms with Crippen molar-refractivity contribution in [2.75, 3.05) is 7.05 Å². The highest BCUT2D eigenvalue weighted by Gasteiger charge is 2.23. The molecule has 1 aromatic heterocycles. The number of hydrogen-bond donors (Lipinski definition) is 1. The van der Waals surface area contributed by atoms with E-state index in [1.807, 2.05) is 0 Å². The van der Waals surface area contributed by atoms with Gasteiger partial charge in [-0.1, -0.05) is 22.0 Å². The summed E-state index contributed by atoms with van der Waals surface area (Å²) in [6.07, 6.45) is 3.59. The molecule has 3 rings (SSSR count). The van der Waals surface area contributed by atoms with Crippen molar-refractivity contribution in [1.82, 2.24) is 9.88 Å². The van der Waals surface area contributed by atoms with E-state index in [1.165, 1.54) is 29.4 Å². The van der Waals surface area contributed by atoms with Gasteiger partial charge in [0.2, 0.25) is 0 Å². The monoisotopic (exact) mass is 292 g/mol. The average Bonchev–Trinajstić information content (AvgIpc) is 2.62. The van der Waals surface area contributed by atoms with Crippen LogP contribution in [0, 0.1) is 0 Å². The smallest absolute Gasteiger partial charge is 0.0494 e. The summed E-state index contributed by atoms with van der Waals surface area (Å²) < 4.78 is 3.52. The van der Waals surface area contributed by atoms with Gasteiger partial charge in [0.1, 0.15) is 0 Å². The normalized spacial score (nSPS) is 19.6. The van der Waals surface area contributed by atoms with Crippen LogP contribution in [0.1, 0.15) is 17.7 Å². The Balaban J connectivity index is 2.21. The Kier molecular flexibility index (Phi) is 2.75. The van der Waals surface area contributed by atoms with Crippen LogP contribution in [-0.4, -0.2) is 17.7 Å². The number of aryl methyl sites for hydroxylation is 2. The third kappa shape index (κ3) is 1.72. The molecule has 90 valence electrons. The lowest BCUT2D eigenvalue weighted by Gasteiger charge is -2.23. The minimum absolute atomic E-state index is 0.633. The second kappa shape index (κ2) is 4.14. The van der Waals surface area contributed by atoms with Crippen molar-refractivity contribution in [1.29, 1.82) is 0 Å². The van der Waals surface area contributed by atoms with E-state index in [2.05, 4.69) is 58.1 Å². The Bertz CT molecular complexity index is 571. The van der Waals surface area contributed by atoms with Gasteiger partial charge in [0.05, 0.1) is 0 Å². The first-order chi connectivity index (χ1) is 8.20. The Morgan fingerprint density at radius 2 is 2.24 bits per heavy atom. The number of benzene rings is 1. The molecular formula is C14H17BrN2. The van der Waals surface area contributed by atoms with Crippen molar-refractivity contribution >= 4 is 26.8 Å². The molecule has 3 heteroatoms. The molecule has 0 radical (unpaired) electrons. The average molecular weight is 293 g/mol. The molecule has 1 aliphatic carbocycles. The Morgan fingerprint density at radius 3 is 3.00 bits per heavy atom. The van der Waals surface area contributed by atoms with Gasteiger partial charge in [-0.2, -0.15) is 0 Å². The highest BCUT2D eigenvalue weighted by molar-refractivity contribution is 9.10. The lowest BCUT2D eigenvalue weighted by molar-refractivity contribution is 0.485. The van der Waals surface area contributed by atoms with E-state index in [9.17, 15) is 0 Å². The highest BCUT2D eigenvalue weighted by atomic mass is 79.9. The molecule has 0 saturated heterocycles. The minimum Gasteiger partial charge on any atom is -0.347 e. The first-order valence-electron chi connectivity index (χ1n) is 6.13. The molecular weight excluding hydrogens is 276 g/mol. The molecule has 0 saturated carbocycles. The molecule has 2 aromatic rings. The summed E-state index contributed by atoms with van der Waals surface area (Å²) in [5.41, 5.74) is 4.41. The van der Waals surface area contributed by atoms with Gasteiger partial charge in [-0.25, -0.2) is 0 Å². The van der Waals surface area contributed by atoms with Crippen LogP contribution in [0.25, 0.3) is 10.9 Å². The second-order valence-electron chi connectivity index (χ2n) is 4.87. The van der Waals surface area contributed by atoms with Crippen LogP contribution in [0.3, 0.4) is 0 Å². The minimum atomic E-state index is 0.633. The zero-order valence-corrected chi connectivity index (χ0v) is 11.8. The van der Waals surface area contributed by atoms with Gasteiger partial charge in [-0.15, -0.1) is 0 Å². The molecule has 0 bridgehead atoms. The predicted molar refractivity (Wildman–Crippen MR) is 75.5 cm³/mol. The second-order valence-corrected chi connectivity index (χ2v) is 5.79. The fourth-order valence-corrected chi connectivity index (χ4v) is 3.33. The van der Waals surface area contributed by atoms with Crippen molar-refractivity contribution < 1.29 is 0 Å². The van der Waals surface area contributed by atoms with Gasteiger partial charge in [-0.05, 0) is 37.6 Å². The van der Waals surface area contributed by atoms with E-state index in [4.69, 9.17) is 0 Å². The summed E-state index contributed by atoms with van der Waals surface area (Å²) >= 11 is 3.56. The molecule has 0 amide bonds. The zero-order valence-electron chi connectivity index (χ0n) is 10.3. The molecule has 1 heterocycles. The molecule has 1 aliphatic rings. The molecule has 1 unspecified atom stereocenters. The summed E-state index contributed by atoms with van der Waals surface area (Å²) in [5, 5.41) is 4.84. The van der Waals surface area contributed by atoms with E-state index in [0.717, 1.165) is 10.9 Å². The molecule has 0 spiro atoms. The SMILES string of the molecule is CNC1CCc2c(n(C)c3cc(Br)ccc23)C1. The van der Waals surface area contributed by atoms with E-state index >= 15 is 0 Å². The fourth-order valence-electron chi connectivity index (χ4n) is 2.98. The lowest BCUT2D eigenvalue weighted by Crippen LogP contribution is -2.32. The maximum Gasteiger partial charge on any atom is 0.0494 e. The van der Waals surface area contributed by atoms with Crippen LogP contribution < -0.4 is 5.32 Å². The number of hydrogen-bond acceptors (Lipinski definition) is 1. The Labute approximate surface area is 110 Å². The molecule has 0 aliphatic heterocycles. The van der Waals surface area contributed by atoms with Crippen LogP contribution in [0.5, 0.6) is 0 Å². The fraction of sp³-hybridized carbons (Fsp3) is 0.429. The van der Waals surface area contributed by atoms with Gasteiger partial charge in [0, 0.05) is 40.6 Å². The topological polar surface area (TPSA) is 17.0 Å². The maximum absolute atomic E-state index is 3.56. The predicted octanol–water partition coefficient (Wildman–Crippen LogP) is 3.02. The van der Waals surface area contributed by atoms with Gasteiger partial charge in [0.25, 0.3) is 0 Å². The zero-order chi connectivity index (χ0) is 12.0. The van der Waals surface area contributed by atoms with E-state index in [-0.39, 0.29) is 0 Å². The van der Waals surface area contributed by atoms with Gasteiger partial charge < -0.3 is 9.88 Å². The summed E-state index contributed by atoms with van der Waals surface area (Å²) in [5.74, 6) is 0. The van der Waals surface area contributed by atoms with Crippen LogP contribution in [0.4, 0.5) is 0 Å². The Hall–Kier alpha value is -0.800. The molecule has 1 aromatic carbocycles. The summed E-state index contributed by atoms with van der Waals surface area (Å²) in [6.45, 7) is 0. The third-order valence-electron chi connectivity index (χ3n) is 3.99. The number of rotatable bonds is 1. The van der Waals surface area contributed by atoms with Crippen molar-refractivity contribution in [3.63, 3.8) is 0 Å². The largest absolute Gasteiger partial charge is 0.347 e. The number of halogens is 1. The van der Waals surface area contributed by atoms with E-state index in [0.29, 0.717) is 6.04 Å². The summed E-state index contributed by atoms with van der Waals surface area (Å²) in [6, 6.07) is 7.25.